The van der Waals surface area contributed by atoms with Crippen LogP contribution < -0.4 is 5.73 Å². The summed E-state index contributed by atoms with van der Waals surface area (Å²) in [5, 5.41) is 0. The molecule has 4 heteroatoms. The first kappa shape index (κ1) is 14.5. The van der Waals surface area contributed by atoms with Gasteiger partial charge in [0.15, 0.2) is 0 Å². The number of amides is 1. The van der Waals surface area contributed by atoms with E-state index in [2.05, 4.69) is 41.9 Å². The average Bonchev–Trinajstić information content (AvgIpc) is 2.61. The second-order valence-electron chi connectivity index (χ2n) is 5.91. The van der Waals surface area contributed by atoms with Gasteiger partial charge in [-0.1, -0.05) is 28.1 Å². The molecule has 19 heavy (non-hydrogen) atoms. The Morgan fingerprint density at radius 1 is 1.42 bits per heavy atom. The smallest absolute Gasteiger partial charge is 0.223 e. The van der Waals surface area contributed by atoms with Crippen LogP contribution in [0.25, 0.3) is 0 Å². The fourth-order valence-corrected chi connectivity index (χ4v) is 3.04. The summed E-state index contributed by atoms with van der Waals surface area (Å²) in [5.41, 5.74) is 7.05. The molecule has 0 aliphatic carbocycles. The SMILES string of the molecule is CC1(C)CC(N)CN1C(=O)CCc1ccc(Br)cc1. The minimum atomic E-state index is -0.101. The molecule has 0 aromatic heterocycles. The summed E-state index contributed by atoms with van der Waals surface area (Å²) in [4.78, 5) is 14.2. The van der Waals surface area contributed by atoms with Gasteiger partial charge in [0.25, 0.3) is 0 Å². The highest BCUT2D eigenvalue weighted by molar-refractivity contribution is 9.10. The molecule has 1 aliphatic rings. The van der Waals surface area contributed by atoms with Crippen LogP contribution in [0, 0.1) is 0 Å². The van der Waals surface area contributed by atoms with Crippen LogP contribution in [-0.4, -0.2) is 28.9 Å². The Bertz CT molecular complexity index is 456. The summed E-state index contributed by atoms with van der Waals surface area (Å²) in [6, 6.07) is 8.24. The van der Waals surface area contributed by atoms with Crippen molar-refractivity contribution in [2.24, 2.45) is 5.73 Å². The molecule has 1 heterocycles. The lowest BCUT2D eigenvalue weighted by Gasteiger charge is -2.31. The van der Waals surface area contributed by atoms with E-state index in [0.717, 1.165) is 17.3 Å². The van der Waals surface area contributed by atoms with Gasteiger partial charge in [-0.2, -0.15) is 0 Å². The van der Waals surface area contributed by atoms with Crippen molar-refractivity contribution in [1.82, 2.24) is 4.90 Å². The van der Waals surface area contributed by atoms with Gasteiger partial charge in [-0.25, -0.2) is 0 Å². The van der Waals surface area contributed by atoms with Crippen LogP contribution in [0.3, 0.4) is 0 Å². The molecule has 104 valence electrons. The van der Waals surface area contributed by atoms with Gasteiger partial charge >= 0.3 is 0 Å². The van der Waals surface area contributed by atoms with Gasteiger partial charge in [0.05, 0.1) is 0 Å². The third-order valence-corrected chi connectivity index (χ3v) is 4.28. The molecule has 2 rings (SSSR count). The Morgan fingerprint density at radius 2 is 2.05 bits per heavy atom. The minimum absolute atomic E-state index is 0.101. The number of nitrogens with zero attached hydrogens (tertiary/aromatic N) is 1. The van der Waals surface area contributed by atoms with E-state index in [4.69, 9.17) is 5.73 Å². The zero-order valence-corrected chi connectivity index (χ0v) is 13.1. The predicted molar refractivity (Wildman–Crippen MR) is 80.8 cm³/mol. The van der Waals surface area contributed by atoms with Crippen molar-refractivity contribution in [3.05, 3.63) is 34.3 Å². The fourth-order valence-electron chi connectivity index (χ4n) is 2.77. The second kappa shape index (κ2) is 5.63. The molecule has 1 aliphatic heterocycles. The molecule has 1 fully saturated rings. The first-order chi connectivity index (χ1) is 8.88. The first-order valence-electron chi connectivity index (χ1n) is 6.69. The van der Waals surface area contributed by atoms with Gasteiger partial charge in [-0.05, 0) is 44.4 Å². The number of aryl methyl sites for hydroxylation is 1. The Kier molecular flexibility index (Phi) is 4.31. The fraction of sp³-hybridized carbons (Fsp3) is 0.533. The Labute approximate surface area is 123 Å². The van der Waals surface area contributed by atoms with Gasteiger partial charge in [0.1, 0.15) is 0 Å². The van der Waals surface area contributed by atoms with E-state index in [1.165, 1.54) is 5.56 Å². The van der Waals surface area contributed by atoms with Gasteiger partial charge in [0.2, 0.25) is 5.91 Å². The first-order valence-corrected chi connectivity index (χ1v) is 7.48. The Hall–Kier alpha value is -0.870. The number of carbonyl (C=O) groups excluding carboxylic acids is 1. The molecule has 1 unspecified atom stereocenters. The minimum Gasteiger partial charge on any atom is -0.336 e. The number of benzene rings is 1. The molecule has 1 atom stereocenters. The van der Waals surface area contributed by atoms with Gasteiger partial charge in [0, 0.05) is 29.0 Å². The average molecular weight is 325 g/mol. The van der Waals surface area contributed by atoms with Crippen molar-refractivity contribution in [1.29, 1.82) is 0 Å². The third kappa shape index (κ3) is 3.57. The molecule has 3 nitrogen and oxygen atoms in total. The van der Waals surface area contributed by atoms with Crippen molar-refractivity contribution in [3.63, 3.8) is 0 Å². The van der Waals surface area contributed by atoms with Crippen molar-refractivity contribution >= 4 is 21.8 Å². The standard InChI is InChI=1S/C15H21BrN2O/c1-15(2)9-13(17)10-18(15)14(19)8-5-11-3-6-12(16)7-4-11/h3-4,6-7,13H,5,8-10,17H2,1-2H3. The third-order valence-electron chi connectivity index (χ3n) is 3.75. The molecular formula is C15H21BrN2O. The van der Waals surface area contributed by atoms with E-state index < -0.39 is 0 Å². The van der Waals surface area contributed by atoms with Gasteiger partial charge < -0.3 is 10.6 Å². The van der Waals surface area contributed by atoms with Crippen LogP contribution in [0.5, 0.6) is 0 Å². The second-order valence-corrected chi connectivity index (χ2v) is 6.82. The van der Waals surface area contributed by atoms with E-state index in [1.807, 2.05) is 17.0 Å². The number of hydrogen-bond acceptors (Lipinski definition) is 2. The topological polar surface area (TPSA) is 46.3 Å². The Balaban J connectivity index is 1.93. The normalized spacial score (nSPS) is 21.7. The monoisotopic (exact) mass is 324 g/mol. The molecule has 0 bridgehead atoms. The number of carbonyl (C=O) groups is 1. The molecule has 2 N–H and O–H groups in total. The van der Waals surface area contributed by atoms with Crippen LogP contribution in [0.4, 0.5) is 0 Å². The lowest BCUT2D eigenvalue weighted by atomic mass is 10.00. The van der Waals surface area contributed by atoms with Crippen LogP contribution in [-0.2, 0) is 11.2 Å². The van der Waals surface area contributed by atoms with Gasteiger partial charge in [-0.3, -0.25) is 4.79 Å². The maximum atomic E-state index is 12.3. The largest absolute Gasteiger partial charge is 0.336 e. The number of nitrogens with two attached hydrogens (primary N) is 1. The van der Waals surface area contributed by atoms with E-state index in [-0.39, 0.29) is 17.5 Å². The van der Waals surface area contributed by atoms with Crippen LogP contribution >= 0.6 is 15.9 Å². The van der Waals surface area contributed by atoms with Crippen molar-refractivity contribution < 1.29 is 4.79 Å². The highest BCUT2D eigenvalue weighted by Crippen LogP contribution is 2.28. The number of halogens is 1. The summed E-state index contributed by atoms with van der Waals surface area (Å²) in [5.74, 6) is 0.209. The summed E-state index contributed by atoms with van der Waals surface area (Å²) >= 11 is 3.41. The lowest BCUT2D eigenvalue weighted by molar-refractivity contribution is -0.134. The van der Waals surface area contributed by atoms with Crippen molar-refractivity contribution in [3.8, 4) is 0 Å². The molecule has 1 aromatic carbocycles. The molecule has 0 saturated carbocycles. The lowest BCUT2D eigenvalue weighted by Crippen LogP contribution is -2.42. The van der Waals surface area contributed by atoms with Gasteiger partial charge in [-0.15, -0.1) is 0 Å². The molecule has 0 radical (unpaired) electrons. The highest BCUT2D eigenvalue weighted by Gasteiger charge is 2.39. The van der Waals surface area contributed by atoms with E-state index >= 15 is 0 Å². The van der Waals surface area contributed by atoms with Crippen LogP contribution in [0.1, 0.15) is 32.3 Å². The molecule has 0 spiro atoms. The van der Waals surface area contributed by atoms with E-state index in [0.29, 0.717) is 13.0 Å². The summed E-state index contributed by atoms with van der Waals surface area (Å²) in [7, 11) is 0. The molecular weight excluding hydrogens is 304 g/mol. The van der Waals surface area contributed by atoms with E-state index in [9.17, 15) is 4.79 Å². The zero-order chi connectivity index (χ0) is 14.0. The van der Waals surface area contributed by atoms with Crippen molar-refractivity contribution in [2.75, 3.05) is 6.54 Å². The Morgan fingerprint density at radius 3 is 2.58 bits per heavy atom. The molecule has 1 saturated heterocycles. The van der Waals surface area contributed by atoms with E-state index in [1.54, 1.807) is 0 Å². The number of rotatable bonds is 3. The molecule has 1 aromatic rings. The summed E-state index contributed by atoms with van der Waals surface area (Å²) in [6.07, 6.45) is 2.22. The number of hydrogen-bond donors (Lipinski definition) is 1. The van der Waals surface area contributed by atoms with Crippen LogP contribution in [0.15, 0.2) is 28.7 Å². The maximum Gasteiger partial charge on any atom is 0.223 e. The summed E-state index contributed by atoms with van der Waals surface area (Å²) < 4.78 is 1.06. The van der Waals surface area contributed by atoms with Crippen LogP contribution in [0.2, 0.25) is 0 Å². The maximum absolute atomic E-state index is 12.3. The molecule has 1 amide bonds. The zero-order valence-electron chi connectivity index (χ0n) is 11.5. The summed E-state index contributed by atoms with van der Waals surface area (Å²) in [6.45, 7) is 4.88. The quantitative estimate of drug-likeness (QED) is 0.929. The number of likely N-dealkylation sites (tertiary alicyclic amines) is 1. The highest BCUT2D eigenvalue weighted by atomic mass is 79.9. The van der Waals surface area contributed by atoms with Crippen molar-refractivity contribution in [2.45, 2.75) is 44.7 Å². The predicted octanol–water partition coefficient (Wildman–Crippen LogP) is 2.72.